The lowest BCUT2D eigenvalue weighted by Crippen LogP contribution is -2.14. The summed E-state index contributed by atoms with van der Waals surface area (Å²) in [6.45, 7) is 0. The summed E-state index contributed by atoms with van der Waals surface area (Å²) in [5.41, 5.74) is 0.962. The molecule has 5 nitrogen and oxygen atoms in total. The van der Waals surface area contributed by atoms with Crippen LogP contribution in [0, 0.1) is 11.3 Å². The van der Waals surface area contributed by atoms with Crippen LogP contribution in [0.2, 0.25) is 10.0 Å². The molecule has 0 spiro atoms. The fourth-order valence-corrected chi connectivity index (χ4v) is 3.91. The van der Waals surface area contributed by atoms with Gasteiger partial charge in [0.2, 0.25) is 0 Å². The van der Waals surface area contributed by atoms with E-state index >= 15 is 0 Å². The molecule has 0 atom stereocenters. The number of carbonyl (C=O) groups is 2. The predicted octanol–water partition coefficient (Wildman–Crippen LogP) is 6.91. The summed E-state index contributed by atoms with van der Waals surface area (Å²) < 4.78 is 5.66. The van der Waals surface area contributed by atoms with Crippen LogP contribution >= 0.6 is 23.2 Å². The Kier molecular flexibility index (Phi) is 6.93. The van der Waals surface area contributed by atoms with E-state index in [1.807, 2.05) is 36.4 Å². The van der Waals surface area contributed by atoms with E-state index in [2.05, 4.69) is 5.32 Å². The molecule has 1 N–H and O–H groups in total. The van der Waals surface area contributed by atoms with Crippen molar-refractivity contribution in [2.24, 2.45) is 0 Å². The molecule has 0 fully saturated rings. The van der Waals surface area contributed by atoms with Crippen LogP contribution in [0.5, 0.6) is 5.75 Å². The van der Waals surface area contributed by atoms with Gasteiger partial charge in [-0.15, -0.1) is 0 Å². The van der Waals surface area contributed by atoms with Gasteiger partial charge in [0.05, 0.1) is 5.56 Å². The lowest BCUT2D eigenvalue weighted by Gasteiger charge is -2.10. The Bertz CT molecular complexity index is 1460. The number of rotatable bonds is 5. The topological polar surface area (TPSA) is 79.2 Å². The number of esters is 1. The van der Waals surface area contributed by atoms with Crippen LogP contribution in [-0.4, -0.2) is 11.9 Å². The first-order chi connectivity index (χ1) is 16.4. The fraction of sp³-hybridized carbons (Fsp3) is 0. The van der Waals surface area contributed by atoms with Gasteiger partial charge in [-0.1, -0.05) is 77.8 Å². The second-order valence-electron chi connectivity index (χ2n) is 7.24. The standard InChI is InChI=1S/C27H16Cl2N2O3/c28-20-13-21(29)15-22(14-20)31-26(32)19(16-30)12-18-7-2-4-11-25(18)34-27(33)24-10-5-8-17-6-1-3-9-23(17)24/h1-15H,(H,31,32). The number of nitriles is 1. The average Bonchev–Trinajstić information content (AvgIpc) is 2.82. The third kappa shape index (κ3) is 5.26. The van der Waals surface area contributed by atoms with Crippen LogP contribution in [0.4, 0.5) is 5.69 Å². The number of halogens is 2. The molecule has 0 radical (unpaired) electrons. The zero-order valence-corrected chi connectivity index (χ0v) is 19.1. The van der Waals surface area contributed by atoms with Gasteiger partial charge in [0.1, 0.15) is 17.4 Å². The van der Waals surface area contributed by atoms with Gasteiger partial charge in [-0.2, -0.15) is 5.26 Å². The number of carbonyl (C=O) groups excluding carboxylic acids is 2. The molecule has 0 aliphatic rings. The van der Waals surface area contributed by atoms with Crippen LogP contribution in [0.1, 0.15) is 15.9 Å². The van der Waals surface area contributed by atoms with Crippen molar-refractivity contribution in [2.75, 3.05) is 5.32 Å². The molecule has 0 unspecified atom stereocenters. The highest BCUT2D eigenvalue weighted by molar-refractivity contribution is 6.35. The van der Waals surface area contributed by atoms with Crippen molar-refractivity contribution in [2.45, 2.75) is 0 Å². The number of nitrogens with one attached hydrogen (secondary N) is 1. The van der Waals surface area contributed by atoms with Crippen molar-refractivity contribution in [3.05, 3.63) is 112 Å². The van der Waals surface area contributed by atoms with Gasteiger partial charge in [0.25, 0.3) is 5.91 Å². The number of hydrogen-bond acceptors (Lipinski definition) is 4. The maximum Gasteiger partial charge on any atom is 0.344 e. The minimum absolute atomic E-state index is 0.190. The molecule has 4 aromatic rings. The van der Waals surface area contributed by atoms with Crippen molar-refractivity contribution >= 4 is 57.6 Å². The lowest BCUT2D eigenvalue weighted by atomic mass is 10.0. The highest BCUT2D eigenvalue weighted by Crippen LogP contribution is 2.26. The number of ether oxygens (including phenoxy) is 1. The van der Waals surface area contributed by atoms with Crippen molar-refractivity contribution < 1.29 is 14.3 Å². The van der Waals surface area contributed by atoms with Gasteiger partial charge in [-0.25, -0.2) is 4.79 Å². The second kappa shape index (κ2) is 10.2. The molecule has 34 heavy (non-hydrogen) atoms. The Labute approximate surface area is 205 Å². The zero-order chi connectivity index (χ0) is 24.1. The van der Waals surface area contributed by atoms with Crippen LogP contribution in [0.15, 0.2) is 90.5 Å². The molecular weight excluding hydrogens is 471 g/mol. The predicted molar refractivity (Wildman–Crippen MR) is 134 cm³/mol. The van der Waals surface area contributed by atoms with Crippen molar-refractivity contribution in [1.82, 2.24) is 0 Å². The van der Waals surface area contributed by atoms with Gasteiger partial charge in [-0.05, 0) is 47.2 Å². The molecule has 7 heteroatoms. The number of amides is 1. The quantitative estimate of drug-likeness (QED) is 0.144. The minimum atomic E-state index is -0.656. The number of para-hydroxylation sites is 1. The smallest absolute Gasteiger partial charge is 0.344 e. The van der Waals surface area contributed by atoms with E-state index in [9.17, 15) is 14.9 Å². The Morgan fingerprint density at radius 3 is 2.32 bits per heavy atom. The number of hydrogen-bond donors (Lipinski definition) is 1. The van der Waals surface area contributed by atoms with E-state index in [0.29, 0.717) is 26.9 Å². The SMILES string of the molecule is N#CC(=Cc1ccccc1OC(=O)c1cccc2ccccc12)C(=O)Nc1cc(Cl)cc(Cl)c1. The summed E-state index contributed by atoms with van der Waals surface area (Å²) >= 11 is 11.9. The van der Waals surface area contributed by atoms with E-state index in [1.165, 1.54) is 24.3 Å². The Morgan fingerprint density at radius 1 is 0.882 bits per heavy atom. The summed E-state index contributed by atoms with van der Waals surface area (Å²) in [5, 5.41) is 14.5. The van der Waals surface area contributed by atoms with Crippen LogP contribution in [0.3, 0.4) is 0 Å². The maximum atomic E-state index is 13.0. The molecule has 0 aromatic heterocycles. The van der Waals surface area contributed by atoms with E-state index in [1.54, 1.807) is 36.4 Å². The van der Waals surface area contributed by atoms with Crippen molar-refractivity contribution in [1.29, 1.82) is 5.26 Å². The second-order valence-corrected chi connectivity index (χ2v) is 8.11. The minimum Gasteiger partial charge on any atom is -0.422 e. The highest BCUT2D eigenvalue weighted by Gasteiger charge is 2.16. The first-order valence-corrected chi connectivity index (χ1v) is 10.9. The number of fused-ring (bicyclic) bond motifs is 1. The molecular formula is C27H16Cl2N2O3. The fourth-order valence-electron chi connectivity index (χ4n) is 3.38. The molecule has 0 aliphatic carbocycles. The molecule has 0 saturated carbocycles. The number of nitrogens with zero attached hydrogens (tertiary/aromatic N) is 1. The molecule has 0 saturated heterocycles. The molecule has 166 valence electrons. The number of benzene rings is 4. The normalized spacial score (nSPS) is 11.0. The Hall–Kier alpha value is -4.11. The van der Waals surface area contributed by atoms with E-state index in [0.717, 1.165) is 10.8 Å². The Morgan fingerprint density at radius 2 is 1.56 bits per heavy atom. The van der Waals surface area contributed by atoms with Gasteiger partial charge in [0, 0.05) is 21.3 Å². The Balaban J connectivity index is 1.61. The van der Waals surface area contributed by atoms with E-state index < -0.39 is 11.9 Å². The van der Waals surface area contributed by atoms with Gasteiger partial charge in [-0.3, -0.25) is 4.79 Å². The first-order valence-electron chi connectivity index (χ1n) is 10.1. The summed E-state index contributed by atoms with van der Waals surface area (Å²) in [7, 11) is 0. The van der Waals surface area contributed by atoms with Crippen LogP contribution in [-0.2, 0) is 4.79 Å². The van der Waals surface area contributed by atoms with Crippen LogP contribution < -0.4 is 10.1 Å². The van der Waals surface area contributed by atoms with Gasteiger partial charge < -0.3 is 10.1 Å². The molecule has 0 aliphatic heterocycles. The molecule has 1 amide bonds. The summed E-state index contributed by atoms with van der Waals surface area (Å²) in [6.07, 6.45) is 1.35. The molecule has 0 bridgehead atoms. The van der Waals surface area contributed by atoms with Crippen molar-refractivity contribution in [3.8, 4) is 11.8 Å². The average molecular weight is 487 g/mol. The molecule has 4 aromatic carbocycles. The zero-order valence-electron chi connectivity index (χ0n) is 17.6. The van der Waals surface area contributed by atoms with Gasteiger partial charge >= 0.3 is 5.97 Å². The largest absolute Gasteiger partial charge is 0.422 e. The lowest BCUT2D eigenvalue weighted by molar-refractivity contribution is -0.112. The monoisotopic (exact) mass is 486 g/mol. The molecule has 0 heterocycles. The number of anilines is 1. The third-order valence-electron chi connectivity index (χ3n) is 4.92. The summed E-state index contributed by atoms with van der Waals surface area (Å²) in [5.74, 6) is -0.989. The third-order valence-corrected chi connectivity index (χ3v) is 5.35. The summed E-state index contributed by atoms with van der Waals surface area (Å²) in [4.78, 5) is 25.6. The highest BCUT2D eigenvalue weighted by atomic mass is 35.5. The maximum absolute atomic E-state index is 13.0. The molecule has 4 rings (SSSR count). The van der Waals surface area contributed by atoms with E-state index in [-0.39, 0.29) is 11.3 Å². The van der Waals surface area contributed by atoms with Crippen molar-refractivity contribution in [3.63, 3.8) is 0 Å². The summed E-state index contributed by atoms with van der Waals surface area (Å²) in [6, 6.07) is 26.0. The first kappa shape index (κ1) is 23.1. The van der Waals surface area contributed by atoms with Crippen LogP contribution in [0.25, 0.3) is 16.8 Å². The van der Waals surface area contributed by atoms with Gasteiger partial charge in [0.15, 0.2) is 0 Å². The van der Waals surface area contributed by atoms with E-state index in [4.69, 9.17) is 27.9 Å².